The van der Waals surface area contributed by atoms with Gasteiger partial charge < -0.3 is 9.73 Å². The average molecular weight is 422 g/mol. The summed E-state index contributed by atoms with van der Waals surface area (Å²) in [5.41, 5.74) is 1.35. The second kappa shape index (κ2) is 8.96. The first-order chi connectivity index (χ1) is 14.7. The standard InChI is InChI=1S/C22H19FN4O2S/c1-2-27-20(18-9-6-14-29-18)25-26-22(27)30-19(15-7-4-3-5-8-15)21(28)24-17-12-10-16(23)11-13-17/h3-14,19H,2H2,1H3,(H,24,28). The molecule has 0 saturated heterocycles. The van der Waals surface area contributed by atoms with E-state index in [0.29, 0.717) is 29.0 Å². The van der Waals surface area contributed by atoms with Crippen molar-refractivity contribution in [3.63, 3.8) is 0 Å². The van der Waals surface area contributed by atoms with E-state index in [1.807, 2.05) is 47.9 Å². The Morgan fingerprint density at radius 2 is 1.87 bits per heavy atom. The molecule has 4 rings (SSSR count). The number of aromatic nitrogens is 3. The molecule has 30 heavy (non-hydrogen) atoms. The van der Waals surface area contributed by atoms with Crippen LogP contribution in [0.25, 0.3) is 11.6 Å². The molecule has 2 aromatic heterocycles. The molecule has 152 valence electrons. The molecule has 0 radical (unpaired) electrons. The van der Waals surface area contributed by atoms with Gasteiger partial charge in [0.15, 0.2) is 16.7 Å². The van der Waals surface area contributed by atoms with Crippen LogP contribution in [0.15, 0.2) is 82.6 Å². The highest BCUT2D eigenvalue weighted by atomic mass is 32.2. The van der Waals surface area contributed by atoms with Gasteiger partial charge in [-0.3, -0.25) is 9.36 Å². The number of hydrogen-bond donors (Lipinski definition) is 1. The first-order valence-electron chi connectivity index (χ1n) is 9.41. The molecule has 1 atom stereocenters. The summed E-state index contributed by atoms with van der Waals surface area (Å²) >= 11 is 1.30. The summed E-state index contributed by atoms with van der Waals surface area (Å²) in [6.07, 6.45) is 1.58. The van der Waals surface area contributed by atoms with Gasteiger partial charge in [-0.2, -0.15) is 0 Å². The zero-order chi connectivity index (χ0) is 20.9. The Labute approximate surface area is 177 Å². The number of thioether (sulfide) groups is 1. The number of amides is 1. The number of nitrogens with zero attached hydrogens (tertiary/aromatic N) is 3. The van der Waals surface area contributed by atoms with Crippen molar-refractivity contribution >= 4 is 23.4 Å². The van der Waals surface area contributed by atoms with Crippen molar-refractivity contribution in [3.05, 3.63) is 84.4 Å². The SMILES string of the molecule is CCn1c(SC(C(=O)Nc2ccc(F)cc2)c2ccccc2)nnc1-c1ccco1. The van der Waals surface area contributed by atoms with E-state index >= 15 is 0 Å². The van der Waals surface area contributed by atoms with Gasteiger partial charge in [-0.15, -0.1) is 10.2 Å². The fraction of sp³-hybridized carbons (Fsp3) is 0.136. The third-order valence-electron chi connectivity index (χ3n) is 4.45. The van der Waals surface area contributed by atoms with Gasteiger partial charge in [0.2, 0.25) is 5.91 Å². The van der Waals surface area contributed by atoms with Gasteiger partial charge in [-0.25, -0.2) is 4.39 Å². The van der Waals surface area contributed by atoms with Crippen LogP contribution in [0.2, 0.25) is 0 Å². The summed E-state index contributed by atoms with van der Waals surface area (Å²) < 4.78 is 20.6. The number of carbonyl (C=O) groups is 1. The van der Waals surface area contributed by atoms with E-state index in [1.165, 1.54) is 36.0 Å². The molecule has 2 heterocycles. The maximum atomic E-state index is 13.2. The van der Waals surface area contributed by atoms with E-state index < -0.39 is 5.25 Å². The van der Waals surface area contributed by atoms with Crippen LogP contribution in [0.5, 0.6) is 0 Å². The Bertz CT molecular complexity index is 1110. The molecule has 6 nitrogen and oxygen atoms in total. The van der Waals surface area contributed by atoms with E-state index in [2.05, 4.69) is 15.5 Å². The number of carbonyl (C=O) groups excluding carboxylic acids is 1. The molecular formula is C22H19FN4O2S. The lowest BCUT2D eigenvalue weighted by Crippen LogP contribution is -2.19. The molecule has 1 N–H and O–H groups in total. The summed E-state index contributed by atoms with van der Waals surface area (Å²) in [7, 11) is 0. The number of benzene rings is 2. The van der Waals surface area contributed by atoms with Gasteiger partial charge in [0, 0.05) is 12.2 Å². The van der Waals surface area contributed by atoms with E-state index in [-0.39, 0.29) is 11.7 Å². The van der Waals surface area contributed by atoms with Crippen LogP contribution >= 0.6 is 11.8 Å². The van der Waals surface area contributed by atoms with E-state index in [4.69, 9.17) is 4.42 Å². The third kappa shape index (κ3) is 4.28. The topological polar surface area (TPSA) is 73.0 Å². The Kier molecular flexibility index (Phi) is 5.94. The molecule has 0 aliphatic carbocycles. The molecule has 0 aliphatic rings. The summed E-state index contributed by atoms with van der Waals surface area (Å²) in [5, 5.41) is 11.4. The van der Waals surface area contributed by atoms with Crippen molar-refractivity contribution in [1.82, 2.24) is 14.8 Å². The second-order valence-corrected chi connectivity index (χ2v) is 7.50. The minimum absolute atomic E-state index is 0.233. The van der Waals surface area contributed by atoms with Crippen LogP contribution in [0, 0.1) is 5.82 Å². The van der Waals surface area contributed by atoms with Crippen LogP contribution in [-0.2, 0) is 11.3 Å². The smallest absolute Gasteiger partial charge is 0.242 e. The molecule has 0 fully saturated rings. The highest BCUT2D eigenvalue weighted by Gasteiger charge is 2.26. The van der Waals surface area contributed by atoms with E-state index in [0.717, 1.165) is 5.56 Å². The van der Waals surface area contributed by atoms with Crippen molar-refractivity contribution < 1.29 is 13.6 Å². The predicted molar refractivity (Wildman–Crippen MR) is 113 cm³/mol. The molecular weight excluding hydrogens is 403 g/mol. The molecule has 0 spiro atoms. The third-order valence-corrected chi connectivity index (χ3v) is 5.68. The van der Waals surface area contributed by atoms with Gasteiger partial charge in [0.25, 0.3) is 0 Å². The fourth-order valence-electron chi connectivity index (χ4n) is 3.00. The molecule has 0 bridgehead atoms. The number of nitrogens with one attached hydrogen (secondary N) is 1. The van der Waals surface area contributed by atoms with Crippen LogP contribution in [-0.4, -0.2) is 20.7 Å². The van der Waals surface area contributed by atoms with E-state index in [1.54, 1.807) is 12.3 Å². The lowest BCUT2D eigenvalue weighted by molar-refractivity contribution is -0.115. The molecule has 1 unspecified atom stereocenters. The van der Waals surface area contributed by atoms with Crippen molar-refractivity contribution in [3.8, 4) is 11.6 Å². The van der Waals surface area contributed by atoms with Gasteiger partial charge >= 0.3 is 0 Å². The molecule has 0 aliphatic heterocycles. The summed E-state index contributed by atoms with van der Waals surface area (Å²) in [5.74, 6) is 0.630. The van der Waals surface area contributed by atoms with Crippen molar-refractivity contribution in [1.29, 1.82) is 0 Å². The number of furan rings is 1. The molecule has 4 aromatic rings. The minimum atomic E-state index is -0.574. The van der Waals surface area contributed by atoms with E-state index in [9.17, 15) is 9.18 Å². The number of anilines is 1. The van der Waals surface area contributed by atoms with Crippen LogP contribution < -0.4 is 5.32 Å². The van der Waals surface area contributed by atoms with Crippen molar-refractivity contribution in [2.24, 2.45) is 0 Å². The van der Waals surface area contributed by atoms with Gasteiger partial charge in [0.05, 0.1) is 6.26 Å². The first kappa shape index (κ1) is 19.9. The number of hydrogen-bond acceptors (Lipinski definition) is 5. The Hall–Kier alpha value is -3.39. The molecule has 0 saturated carbocycles. The lowest BCUT2D eigenvalue weighted by Gasteiger charge is -2.17. The summed E-state index contributed by atoms with van der Waals surface area (Å²) in [6.45, 7) is 2.60. The summed E-state index contributed by atoms with van der Waals surface area (Å²) in [4.78, 5) is 13.1. The minimum Gasteiger partial charge on any atom is -0.461 e. The normalized spacial score (nSPS) is 11.9. The maximum Gasteiger partial charge on any atom is 0.242 e. The second-order valence-electron chi connectivity index (χ2n) is 6.43. The zero-order valence-electron chi connectivity index (χ0n) is 16.2. The van der Waals surface area contributed by atoms with Gasteiger partial charge in [-0.1, -0.05) is 42.1 Å². The Morgan fingerprint density at radius 3 is 2.53 bits per heavy atom. The average Bonchev–Trinajstić information content (AvgIpc) is 3.43. The summed E-state index contributed by atoms with van der Waals surface area (Å²) in [6, 6.07) is 18.7. The molecule has 1 amide bonds. The van der Waals surface area contributed by atoms with Crippen LogP contribution in [0.3, 0.4) is 0 Å². The zero-order valence-corrected chi connectivity index (χ0v) is 17.0. The van der Waals surface area contributed by atoms with Gasteiger partial charge in [-0.05, 0) is 48.9 Å². The highest BCUT2D eigenvalue weighted by Crippen LogP contribution is 2.36. The number of halogens is 1. The monoisotopic (exact) mass is 422 g/mol. The fourth-order valence-corrected chi connectivity index (χ4v) is 4.10. The van der Waals surface area contributed by atoms with Crippen LogP contribution in [0.4, 0.5) is 10.1 Å². The van der Waals surface area contributed by atoms with Crippen molar-refractivity contribution in [2.75, 3.05) is 5.32 Å². The molecule has 8 heteroatoms. The number of rotatable bonds is 7. The quantitative estimate of drug-likeness (QED) is 0.416. The van der Waals surface area contributed by atoms with Crippen LogP contribution in [0.1, 0.15) is 17.7 Å². The highest BCUT2D eigenvalue weighted by molar-refractivity contribution is 8.00. The molecule has 2 aromatic carbocycles. The lowest BCUT2D eigenvalue weighted by atomic mass is 10.1. The predicted octanol–water partition coefficient (Wildman–Crippen LogP) is 5.17. The Morgan fingerprint density at radius 1 is 1.10 bits per heavy atom. The Balaban J connectivity index is 1.64. The van der Waals surface area contributed by atoms with Gasteiger partial charge in [0.1, 0.15) is 11.1 Å². The van der Waals surface area contributed by atoms with Crippen molar-refractivity contribution in [2.45, 2.75) is 23.9 Å². The first-order valence-corrected chi connectivity index (χ1v) is 10.3. The largest absolute Gasteiger partial charge is 0.461 e. The maximum absolute atomic E-state index is 13.2.